The summed E-state index contributed by atoms with van der Waals surface area (Å²) in [4.78, 5) is 40.8. The Morgan fingerprint density at radius 2 is 2.04 bits per heavy atom. The number of carbonyl (C=O) groups is 3. The van der Waals surface area contributed by atoms with Crippen LogP contribution in [0.3, 0.4) is 0 Å². The Morgan fingerprint density at radius 1 is 1.23 bits per heavy atom. The number of anilines is 1. The summed E-state index contributed by atoms with van der Waals surface area (Å²) in [5.41, 5.74) is 1.92. The molecule has 2 atom stereocenters. The summed E-state index contributed by atoms with van der Waals surface area (Å²) >= 11 is 0. The van der Waals surface area contributed by atoms with Crippen molar-refractivity contribution in [1.82, 2.24) is 4.90 Å². The molecule has 0 saturated carbocycles. The number of esters is 1. The standard InChI is InChI=1S/C20H26N2O4/c1-3-26-20(25)15-7-5-9-21(12-15)19(24)16-11-18(23)22(13-16)17-8-4-6-14(2)10-17/h4,6,8,10,15-16H,3,5,7,9,11-13H2,1-2H3/t15-,16-/m0/s1. The third-order valence-electron chi connectivity index (χ3n) is 5.14. The molecule has 6 nitrogen and oxygen atoms in total. The first-order valence-electron chi connectivity index (χ1n) is 9.32. The number of benzene rings is 1. The average Bonchev–Trinajstić information content (AvgIpc) is 3.03. The monoisotopic (exact) mass is 358 g/mol. The highest BCUT2D eigenvalue weighted by Crippen LogP contribution is 2.28. The lowest BCUT2D eigenvalue weighted by Crippen LogP contribution is -2.45. The van der Waals surface area contributed by atoms with Gasteiger partial charge in [-0.25, -0.2) is 0 Å². The van der Waals surface area contributed by atoms with E-state index in [2.05, 4.69) is 0 Å². The molecule has 2 saturated heterocycles. The van der Waals surface area contributed by atoms with Gasteiger partial charge in [-0.15, -0.1) is 0 Å². The van der Waals surface area contributed by atoms with Crippen LogP contribution in [0.15, 0.2) is 24.3 Å². The van der Waals surface area contributed by atoms with Crippen molar-refractivity contribution < 1.29 is 19.1 Å². The quantitative estimate of drug-likeness (QED) is 0.774. The summed E-state index contributed by atoms with van der Waals surface area (Å²) in [6.45, 7) is 5.56. The molecule has 0 spiro atoms. The van der Waals surface area contributed by atoms with E-state index in [0.29, 0.717) is 26.2 Å². The summed E-state index contributed by atoms with van der Waals surface area (Å²) in [5, 5.41) is 0. The normalized spacial score (nSPS) is 23.2. The van der Waals surface area contributed by atoms with Gasteiger partial charge < -0.3 is 14.5 Å². The van der Waals surface area contributed by atoms with Crippen molar-refractivity contribution in [1.29, 1.82) is 0 Å². The van der Waals surface area contributed by atoms with E-state index in [0.717, 1.165) is 24.1 Å². The Labute approximate surface area is 154 Å². The van der Waals surface area contributed by atoms with E-state index in [9.17, 15) is 14.4 Å². The zero-order valence-electron chi connectivity index (χ0n) is 15.4. The first-order valence-corrected chi connectivity index (χ1v) is 9.32. The maximum Gasteiger partial charge on any atom is 0.310 e. The molecule has 0 N–H and O–H groups in total. The predicted molar refractivity (Wildman–Crippen MR) is 97.6 cm³/mol. The summed E-state index contributed by atoms with van der Waals surface area (Å²) < 4.78 is 5.10. The van der Waals surface area contributed by atoms with Gasteiger partial charge in [-0.2, -0.15) is 0 Å². The van der Waals surface area contributed by atoms with Crippen molar-refractivity contribution in [3.63, 3.8) is 0 Å². The molecule has 3 rings (SSSR count). The minimum absolute atomic E-state index is 0.0205. The molecular weight excluding hydrogens is 332 g/mol. The summed E-state index contributed by atoms with van der Waals surface area (Å²) in [6.07, 6.45) is 1.77. The van der Waals surface area contributed by atoms with E-state index in [-0.39, 0.29) is 36.0 Å². The molecule has 0 aromatic heterocycles. The van der Waals surface area contributed by atoms with Crippen LogP contribution in [0, 0.1) is 18.8 Å². The molecule has 2 heterocycles. The van der Waals surface area contributed by atoms with E-state index in [4.69, 9.17) is 4.74 Å². The van der Waals surface area contributed by atoms with Crippen LogP contribution >= 0.6 is 0 Å². The lowest BCUT2D eigenvalue weighted by Gasteiger charge is -2.33. The van der Waals surface area contributed by atoms with Crippen LogP contribution in [0.4, 0.5) is 5.69 Å². The molecule has 0 radical (unpaired) electrons. The zero-order valence-corrected chi connectivity index (χ0v) is 15.4. The highest BCUT2D eigenvalue weighted by Gasteiger charge is 2.39. The second kappa shape index (κ2) is 7.89. The van der Waals surface area contributed by atoms with Crippen LogP contribution in [0.2, 0.25) is 0 Å². The third-order valence-corrected chi connectivity index (χ3v) is 5.14. The van der Waals surface area contributed by atoms with Gasteiger partial charge in [-0.05, 0) is 44.4 Å². The summed E-state index contributed by atoms with van der Waals surface area (Å²) in [5.74, 6) is -0.870. The van der Waals surface area contributed by atoms with Crippen LogP contribution in [0.5, 0.6) is 0 Å². The Kier molecular flexibility index (Phi) is 5.59. The van der Waals surface area contributed by atoms with E-state index in [1.807, 2.05) is 31.2 Å². The molecule has 2 aliphatic rings. The van der Waals surface area contributed by atoms with E-state index >= 15 is 0 Å². The van der Waals surface area contributed by atoms with Crippen molar-refractivity contribution in [3.8, 4) is 0 Å². The Hall–Kier alpha value is -2.37. The van der Waals surface area contributed by atoms with Gasteiger partial charge in [0.05, 0.1) is 18.4 Å². The van der Waals surface area contributed by atoms with Crippen LogP contribution in [0.1, 0.15) is 31.7 Å². The third kappa shape index (κ3) is 3.89. The zero-order chi connectivity index (χ0) is 18.7. The largest absolute Gasteiger partial charge is 0.466 e. The molecule has 1 aromatic carbocycles. The lowest BCUT2D eigenvalue weighted by molar-refractivity contribution is -0.152. The number of nitrogens with zero attached hydrogens (tertiary/aromatic N) is 2. The molecule has 2 amide bonds. The molecule has 0 unspecified atom stereocenters. The van der Waals surface area contributed by atoms with Crippen LogP contribution in [0.25, 0.3) is 0 Å². The smallest absolute Gasteiger partial charge is 0.310 e. The summed E-state index contributed by atoms with van der Waals surface area (Å²) in [7, 11) is 0. The van der Waals surface area contributed by atoms with Crippen LogP contribution in [-0.4, -0.2) is 48.9 Å². The molecular formula is C20H26N2O4. The number of carbonyl (C=O) groups excluding carboxylic acids is 3. The number of hydrogen-bond acceptors (Lipinski definition) is 4. The van der Waals surface area contributed by atoms with Gasteiger partial charge in [0.25, 0.3) is 0 Å². The minimum Gasteiger partial charge on any atom is -0.466 e. The lowest BCUT2D eigenvalue weighted by atomic mass is 9.96. The van der Waals surface area contributed by atoms with E-state index in [1.54, 1.807) is 16.7 Å². The number of ether oxygens (including phenoxy) is 1. The number of amides is 2. The van der Waals surface area contributed by atoms with Crippen LogP contribution in [-0.2, 0) is 19.1 Å². The van der Waals surface area contributed by atoms with Crippen LogP contribution < -0.4 is 4.90 Å². The van der Waals surface area contributed by atoms with Crippen molar-refractivity contribution >= 4 is 23.5 Å². The average molecular weight is 358 g/mol. The Bertz CT molecular complexity index is 703. The molecule has 0 aliphatic carbocycles. The highest BCUT2D eigenvalue weighted by molar-refractivity contribution is 6.00. The van der Waals surface area contributed by atoms with Crippen molar-refractivity contribution in [2.45, 2.75) is 33.1 Å². The van der Waals surface area contributed by atoms with Gasteiger partial charge in [-0.1, -0.05) is 12.1 Å². The molecule has 0 bridgehead atoms. The fourth-order valence-corrected chi connectivity index (χ4v) is 3.81. The SMILES string of the molecule is CCOC(=O)[C@H]1CCCN(C(=O)[C@H]2CC(=O)N(c3cccc(C)c3)C2)C1. The van der Waals surface area contributed by atoms with Gasteiger partial charge in [0, 0.05) is 31.7 Å². The van der Waals surface area contributed by atoms with Gasteiger partial charge >= 0.3 is 5.97 Å². The van der Waals surface area contributed by atoms with Gasteiger partial charge in [0.2, 0.25) is 11.8 Å². The summed E-state index contributed by atoms with van der Waals surface area (Å²) in [6, 6.07) is 7.76. The topological polar surface area (TPSA) is 66.9 Å². The van der Waals surface area contributed by atoms with E-state index < -0.39 is 0 Å². The van der Waals surface area contributed by atoms with Crippen molar-refractivity contribution in [3.05, 3.63) is 29.8 Å². The Balaban J connectivity index is 1.65. The second-order valence-electron chi connectivity index (χ2n) is 7.12. The maximum absolute atomic E-state index is 12.9. The van der Waals surface area contributed by atoms with Crippen molar-refractivity contribution in [2.75, 3.05) is 31.1 Å². The number of rotatable bonds is 4. The second-order valence-corrected chi connectivity index (χ2v) is 7.12. The predicted octanol–water partition coefficient (Wildman–Crippen LogP) is 2.15. The number of piperidine rings is 1. The fourth-order valence-electron chi connectivity index (χ4n) is 3.81. The van der Waals surface area contributed by atoms with Gasteiger partial charge in [0.15, 0.2) is 0 Å². The first kappa shape index (κ1) is 18.4. The molecule has 6 heteroatoms. The molecule has 1 aromatic rings. The van der Waals surface area contributed by atoms with Crippen molar-refractivity contribution in [2.24, 2.45) is 11.8 Å². The fraction of sp³-hybridized carbons (Fsp3) is 0.550. The number of likely N-dealkylation sites (tertiary alicyclic amines) is 1. The number of aryl methyl sites for hydroxylation is 1. The van der Waals surface area contributed by atoms with Gasteiger partial charge in [-0.3, -0.25) is 14.4 Å². The van der Waals surface area contributed by atoms with Gasteiger partial charge in [0.1, 0.15) is 0 Å². The minimum atomic E-state index is -0.344. The first-order chi connectivity index (χ1) is 12.5. The number of hydrogen-bond donors (Lipinski definition) is 0. The molecule has 140 valence electrons. The molecule has 2 aliphatic heterocycles. The molecule has 2 fully saturated rings. The Morgan fingerprint density at radius 3 is 2.77 bits per heavy atom. The highest BCUT2D eigenvalue weighted by atomic mass is 16.5. The molecule has 26 heavy (non-hydrogen) atoms. The van der Waals surface area contributed by atoms with E-state index in [1.165, 1.54) is 0 Å². The maximum atomic E-state index is 12.9.